The Hall–Kier alpha value is 0.150. The molecule has 0 amide bonds. The lowest BCUT2D eigenvalue weighted by Gasteiger charge is -2.41. The maximum Gasteiger partial charge on any atom is 0.109 e. The second kappa shape index (κ2) is 5.20. The van der Waals surface area contributed by atoms with E-state index in [1.165, 1.54) is 0 Å². The standard InChI is InChI=1S/C10H20O5S/c1-10(2,16)15-6-3-5(4-11)7(12)9(14)8(6)13/h5-9,11-14,16H,3-4H2,1-2H3/t5?,6-,7+,8?,9?/m0/s1. The highest BCUT2D eigenvalue weighted by Gasteiger charge is 2.44. The van der Waals surface area contributed by atoms with E-state index in [1.54, 1.807) is 13.8 Å². The third-order valence-electron chi connectivity index (χ3n) is 2.77. The minimum Gasteiger partial charge on any atom is -0.396 e. The fraction of sp³-hybridized carbons (Fsp3) is 1.00. The maximum absolute atomic E-state index is 9.73. The Kier molecular flexibility index (Phi) is 4.62. The van der Waals surface area contributed by atoms with E-state index in [0.717, 1.165) is 0 Å². The molecule has 0 aromatic heterocycles. The van der Waals surface area contributed by atoms with E-state index in [4.69, 9.17) is 9.84 Å². The molecule has 5 nitrogen and oxygen atoms in total. The highest BCUT2D eigenvalue weighted by molar-refractivity contribution is 7.81. The van der Waals surface area contributed by atoms with Gasteiger partial charge in [-0.25, -0.2) is 0 Å². The fourth-order valence-corrected chi connectivity index (χ4v) is 2.08. The summed E-state index contributed by atoms with van der Waals surface area (Å²) >= 11 is 4.18. The molecule has 4 N–H and O–H groups in total. The molecule has 0 spiro atoms. The number of ether oxygens (including phenoxy) is 1. The molecule has 0 saturated heterocycles. The van der Waals surface area contributed by atoms with Gasteiger partial charge in [0.15, 0.2) is 0 Å². The minimum absolute atomic E-state index is 0.252. The molecule has 1 rings (SSSR count). The van der Waals surface area contributed by atoms with Crippen molar-refractivity contribution >= 4 is 12.6 Å². The van der Waals surface area contributed by atoms with Crippen LogP contribution in [0.15, 0.2) is 0 Å². The van der Waals surface area contributed by atoms with E-state index in [1.807, 2.05) is 0 Å². The molecule has 1 aliphatic rings. The summed E-state index contributed by atoms with van der Waals surface area (Å²) in [6.07, 6.45) is -3.93. The van der Waals surface area contributed by atoms with E-state index >= 15 is 0 Å². The van der Waals surface area contributed by atoms with Gasteiger partial charge >= 0.3 is 0 Å². The first-order valence-corrected chi connectivity index (χ1v) is 5.76. The molecule has 1 saturated carbocycles. The Balaban J connectivity index is 2.71. The molecule has 6 heteroatoms. The SMILES string of the molecule is CC(C)(S)O[C@H]1CC(CO)[C@@H](O)C(O)C1O. The van der Waals surface area contributed by atoms with Crippen LogP contribution < -0.4 is 0 Å². The summed E-state index contributed by atoms with van der Waals surface area (Å²) in [5.74, 6) is -0.487. The first kappa shape index (κ1) is 14.2. The number of rotatable bonds is 3. The van der Waals surface area contributed by atoms with Crippen molar-refractivity contribution in [3.8, 4) is 0 Å². The fourth-order valence-electron chi connectivity index (χ4n) is 1.95. The summed E-state index contributed by atoms with van der Waals surface area (Å²) in [5.41, 5.74) is 0. The largest absolute Gasteiger partial charge is 0.396 e. The van der Waals surface area contributed by atoms with Gasteiger partial charge in [-0.15, -0.1) is 12.6 Å². The van der Waals surface area contributed by atoms with E-state index in [0.29, 0.717) is 6.42 Å². The molecule has 1 aliphatic carbocycles. The molecule has 5 atom stereocenters. The summed E-state index contributed by atoms with van der Waals surface area (Å²) in [5, 5.41) is 38.0. The molecular formula is C10H20O5S. The van der Waals surface area contributed by atoms with Gasteiger partial charge in [0.2, 0.25) is 0 Å². The zero-order chi connectivity index (χ0) is 12.5. The predicted octanol–water partition coefficient (Wildman–Crippen LogP) is -0.868. The van der Waals surface area contributed by atoms with Crippen LogP contribution in [0.3, 0.4) is 0 Å². The van der Waals surface area contributed by atoms with Crippen LogP contribution >= 0.6 is 12.6 Å². The van der Waals surface area contributed by atoms with Crippen LogP contribution in [0.2, 0.25) is 0 Å². The second-order valence-electron chi connectivity index (χ2n) is 4.75. The van der Waals surface area contributed by atoms with Crippen LogP contribution in [0, 0.1) is 5.92 Å². The van der Waals surface area contributed by atoms with Crippen LogP contribution in [0.25, 0.3) is 0 Å². The van der Waals surface area contributed by atoms with Gasteiger partial charge in [0, 0.05) is 12.5 Å². The Bertz CT molecular complexity index is 228. The number of aliphatic hydroxyl groups excluding tert-OH is 4. The van der Waals surface area contributed by atoms with Crippen LogP contribution in [0.4, 0.5) is 0 Å². The predicted molar refractivity (Wildman–Crippen MR) is 61.2 cm³/mol. The van der Waals surface area contributed by atoms with Crippen molar-refractivity contribution < 1.29 is 25.2 Å². The normalized spacial score (nSPS) is 41.1. The van der Waals surface area contributed by atoms with Crippen molar-refractivity contribution in [3.05, 3.63) is 0 Å². The number of hydrogen-bond acceptors (Lipinski definition) is 6. The summed E-state index contributed by atoms with van der Waals surface area (Å²) in [6.45, 7) is 3.18. The van der Waals surface area contributed by atoms with Crippen LogP contribution in [-0.2, 0) is 4.74 Å². The van der Waals surface area contributed by atoms with Gasteiger partial charge in [0.05, 0.1) is 12.2 Å². The Labute approximate surface area is 100 Å². The molecule has 0 bridgehead atoms. The van der Waals surface area contributed by atoms with E-state index in [9.17, 15) is 15.3 Å². The average Bonchev–Trinajstić information content (AvgIpc) is 2.17. The van der Waals surface area contributed by atoms with Crippen molar-refractivity contribution in [2.24, 2.45) is 5.92 Å². The quantitative estimate of drug-likeness (QED) is 0.333. The molecule has 96 valence electrons. The van der Waals surface area contributed by atoms with Gasteiger partial charge in [0.25, 0.3) is 0 Å². The average molecular weight is 252 g/mol. The first-order valence-electron chi connectivity index (χ1n) is 5.31. The lowest BCUT2D eigenvalue weighted by atomic mass is 9.81. The van der Waals surface area contributed by atoms with Gasteiger partial charge in [-0.3, -0.25) is 0 Å². The number of thiol groups is 1. The van der Waals surface area contributed by atoms with Gasteiger partial charge in [-0.2, -0.15) is 0 Å². The molecule has 0 aliphatic heterocycles. The zero-order valence-corrected chi connectivity index (χ0v) is 10.3. The van der Waals surface area contributed by atoms with Crippen molar-refractivity contribution in [3.63, 3.8) is 0 Å². The smallest absolute Gasteiger partial charge is 0.109 e. The van der Waals surface area contributed by atoms with Crippen molar-refractivity contribution in [2.45, 2.75) is 49.6 Å². The van der Waals surface area contributed by atoms with Crippen molar-refractivity contribution in [2.75, 3.05) is 6.61 Å². The molecular weight excluding hydrogens is 232 g/mol. The molecule has 16 heavy (non-hydrogen) atoms. The van der Waals surface area contributed by atoms with E-state index in [2.05, 4.69) is 12.6 Å². The van der Waals surface area contributed by atoms with Crippen LogP contribution in [-0.4, -0.2) is 56.4 Å². The topological polar surface area (TPSA) is 90.2 Å². The second-order valence-corrected chi connectivity index (χ2v) is 5.83. The first-order chi connectivity index (χ1) is 7.26. The Morgan fingerprint density at radius 2 is 1.75 bits per heavy atom. The van der Waals surface area contributed by atoms with Crippen molar-refractivity contribution in [1.82, 2.24) is 0 Å². The van der Waals surface area contributed by atoms with E-state index in [-0.39, 0.29) is 6.61 Å². The van der Waals surface area contributed by atoms with Gasteiger partial charge < -0.3 is 25.2 Å². The minimum atomic E-state index is -1.30. The molecule has 0 aromatic carbocycles. The Morgan fingerprint density at radius 3 is 2.19 bits per heavy atom. The van der Waals surface area contributed by atoms with Crippen molar-refractivity contribution in [1.29, 1.82) is 0 Å². The number of hydrogen-bond donors (Lipinski definition) is 5. The third-order valence-corrected chi connectivity index (χ3v) is 2.88. The molecule has 1 fully saturated rings. The lowest BCUT2D eigenvalue weighted by Crippen LogP contribution is -2.56. The lowest BCUT2D eigenvalue weighted by molar-refractivity contribution is -0.191. The summed E-state index contributed by atoms with van der Waals surface area (Å²) in [7, 11) is 0. The molecule has 3 unspecified atom stereocenters. The highest BCUT2D eigenvalue weighted by Crippen LogP contribution is 2.31. The maximum atomic E-state index is 9.73. The van der Waals surface area contributed by atoms with Crippen LogP contribution in [0.1, 0.15) is 20.3 Å². The van der Waals surface area contributed by atoms with E-state index < -0.39 is 35.3 Å². The zero-order valence-electron chi connectivity index (χ0n) is 9.45. The molecule has 0 aromatic rings. The molecule has 0 heterocycles. The summed E-state index contributed by atoms with van der Waals surface area (Å²) in [6, 6.07) is 0. The van der Waals surface area contributed by atoms with Gasteiger partial charge in [-0.05, 0) is 20.3 Å². The Morgan fingerprint density at radius 1 is 1.19 bits per heavy atom. The highest BCUT2D eigenvalue weighted by atomic mass is 32.1. The van der Waals surface area contributed by atoms with Gasteiger partial charge in [0.1, 0.15) is 17.1 Å². The van der Waals surface area contributed by atoms with Crippen LogP contribution in [0.5, 0.6) is 0 Å². The number of aliphatic hydroxyl groups is 4. The summed E-state index contributed by atoms with van der Waals surface area (Å²) < 4.78 is 5.47. The monoisotopic (exact) mass is 252 g/mol. The third kappa shape index (κ3) is 3.32. The molecule has 0 radical (unpaired) electrons. The summed E-state index contributed by atoms with van der Waals surface area (Å²) in [4.78, 5) is -0.742. The van der Waals surface area contributed by atoms with Gasteiger partial charge in [-0.1, -0.05) is 0 Å².